The van der Waals surface area contributed by atoms with Gasteiger partial charge in [0.1, 0.15) is 11.9 Å². The number of aromatic nitrogens is 4. The molecule has 5 nitrogen and oxygen atoms in total. The molecule has 21 heavy (non-hydrogen) atoms. The molecule has 108 valence electrons. The Morgan fingerprint density at radius 2 is 2.29 bits per heavy atom. The highest BCUT2D eigenvalue weighted by Gasteiger charge is 2.36. The first kappa shape index (κ1) is 12.9. The molecular formula is C15H16N4OS. The highest BCUT2D eigenvalue weighted by atomic mass is 32.1. The fourth-order valence-electron chi connectivity index (χ4n) is 2.91. The molecule has 2 aromatic heterocycles. The lowest BCUT2D eigenvalue weighted by Crippen LogP contribution is -2.25. The van der Waals surface area contributed by atoms with E-state index in [-0.39, 0.29) is 5.60 Å². The van der Waals surface area contributed by atoms with E-state index in [4.69, 9.17) is 4.74 Å². The molecule has 0 spiro atoms. The van der Waals surface area contributed by atoms with Gasteiger partial charge in [-0.1, -0.05) is 0 Å². The Bertz CT molecular complexity index is 801. The van der Waals surface area contributed by atoms with Crippen molar-refractivity contribution in [2.45, 2.75) is 32.3 Å². The molecular weight excluding hydrogens is 284 g/mol. The summed E-state index contributed by atoms with van der Waals surface area (Å²) in [6.07, 6.45) is 3.65. The zero-order valence-corrected chi connectivity index (χ0v) is 12.9. The monoisotopic (exact) mass is 300 g/mol. The molecule has 0 radical (unpaired) electrons. The molecule has 0 N–H and O–H groups in total. The van der Waals surface area contributed by atoms with Gasteiger partial charge in [-0.15, -0.1) is 11.3 Å². The largest absolute Gasteiger partial charge is 0.367 e. The van der Waals surface area contributed by atoms with Gasteiger partial charge in [-0.2, -0.15) is 5.10 Å². The minimum Gasteiger partial charge on any atom is -0.367 e. The van der Waals surface area contributed by atoms with E-state index in [1.165, 1.54) is 4.70 Å². The third-order valence-corrected chi connectivity index (χ3v) is 4.90. The maximum absolute atomic E-state index is 5.91. The number of fused-ring (bicyclic) bond motifs is 1. The van der Waals surface area contributed by atoms with Gasteiger partial charge in [0.15, 0.2) is 5.82 Å². The number of aryl methyl sites for hydroxylation is 1. The van der Waals surface area contributed by atoms with Crippen LogP contribution in [0.2, 0.25) is 0 Å². The molecule has 3 heterocycles. The summed E-state index contributed by atoms with van der Waals surface area (Å²) in [6, 6.07) is 6.20. The molecule has 1 saturated heterocycles. The first-order valence-corrected chi connectivity index (χ1v) is 7.89. The van der Waals surface area contributed by atoms with Crippen molar-refractivity contribution in [2.75, 3.05) is 6.61 Å². The van der Waals surface area contributed by atoms with Gasteiger partial charge in [0.05, 0.1) is 20.9 Å². The van der Waals surface area contributed by atoms with E-state index in [0.29, 0.717) is 0 Å². The molecule has 0 saturated carbocycles. The molecule has 0 unspecified atom stereocenters. The smallest absolute Gasteiger partial charge is 0.163 e. The van der Waals surface area contributed by atoms with E-state index in [0.717, 1.165) is 41.5 Å². The molecule has 4 rings (SSSR count). The van der Waals surface area contributed by atoms with Crippen molar-refractivity contribution in [1.29, 1.82) is 0 Å². The van der Waals surface area contributed by atoms with Gasteiger partial charge in [-0.3, -0.25) is 0 Å². The molecule has 3 aromatic rings. The summed E-state index contributed by atoms with van der Waals surface area (Å²) < 4.78 is 8.96. The summed E-state index contributed by atoms with van der Waals surface area (Å²) in [7, 11) is 0. The average Bonchev–Trinajstić information content (AvgIpc) is 3.15. The molecule has 0 amide bonds. The fourth-order valence-corrected chi connectivity index (χ4v) is 3.77. The zero-order valence-electron chi connectivity index (χ0n) is 12.0. The SMILES string of the molecule is Cc1nc2ccc(-n3ncnc3[C@]3(C)CCCO3)cc2s1. The standard InChI is InChI=1S/C15H16N4OS/c1-10-18-12-5-4-11(8-13(12)21-10)19-14(16-9-17-19)15(2)6-3-7-20-15/h4-5,8-9H,3,6-7H2,1-2H3/t15-/m0/s1. The van der Waals surface area contributed by atoms with Gasteiger partial charge in [0.25, 0.3) is 0 Å². The lowest BCUT2D eigenvalue weighted by Gasteiger charge is -2.22. The van der Waals surface area contributed by atoms with Crippen LogP contribution in [0.15, 0.2) is 24.5 Å². The summed E-state index contributed by atoms with van der Waals surface area (Å²) >= 11 is 1.70. The van der Waals surface area contributed by atoms with Gasteiger partial charge < -0.3 is 4.74 Å². The van der Waals surface area contributed by atoms with Crippen LogP contribution in [-0.4, -0.2) is 26.4 Å². The fraction of sp³-hybridized carbons (Fsp3) is 0.400. The Labute approximate surface area is 126 Å². The quantitative estimate of drug-likeness (QED) is 0.729. The first-order valence-electron chi connectivity index (χ1n) is 7.08. The van der Waals surface area contributed by atoms with Crippen molar-refractivity contribution >= 4 is 21.6 Å². The van der Waals surface area contributed by atoms with Crippen LogP contribution in [0, 0.1) is 6.92 Å². The minimum atomic E-state index is -0.338. The van der Waals surface area contributed by atoms with Crippen LogP contribution >= 0.6 is 11.3 Å². The maximum Gasteiger partial charge on any atom is 0.163 e. The Kier molecular flexibility index (Phi) is 2.83. The van der Waals surface area contributed by atoms with Crippen LogP contribution in [0.3, 0.4) is 0 Å². The predicted molar refractivity (Wildman–Crippen MR) is 81.8 cm³/mol. The van der Waals surface area contributed by atoms with Gasteiger partial charge >= 0.3 is 0 Å². The Morgan fingerprint density at radius 3 is 3.10 bits per heavy atom. The van der Waals surface area contributed by atoms with Crippen molar-refractivity contribution in [3.63, 3.8) is 0 Å². The van der Waals surface area contributed by atoms with Crippen LogP contribution in [0.1, 0.15) is 30.6 Å². The van der Waals surface area contributed by atoms with E-state index in [1.54, 1.807) is 17.7 Å². The van der Waals surface area contributed by atoms with E-state index in [9.17, 15) is 0 Å². The zero-order chi connectivity index (χ0) is 14.4. The Hall–Kier alpha value is -1.79. The second-order valence-corrected chi connectivity index (χ2v) is 6.80. The normalized spacial score (nSPS) is 22.2. The lowest BCUT2D eigenvalue weighted by atomic mass is 10.0. The van der Waals surface area contributed by atoms with Crippen LogP contribution in [0.4, 0.5) is 0 Å². The molecule has 1 aliphatic heterocycles. The number of thiazole rings is 1. The summed E-state index contributed by atoms with van der Waals surface area (Å²) in [5.41, 5.74) is 1.70. The molecule has 1 aliphatic rings. The van der Waals surface area contributed by atoms with E-state index < -0.39 is 0 Å². The molecule has 1 atom stereocenters. The molecule has 0 bridgehead atoms. The number of hydrogen-bond acceptors (Lipinski definition) is 5. The highest BCUT2D eigenvalue weighted by molar-refractivity contribution is 7.18. The lowest BCUT2D eigenvalue weighted by molar-refractivity contribution is 0.00766. The number of benzene rings is 1. The number of rotatable bonds is 2. The highest BCUT2D eigenvalue weighted by Crippen LogP contribution is 2.35. The maximum atomic E-state index is 5.91. The van der Waals surface area contributed by atoms with Crippen molar-refractivity contribution in [2.24, 2.45) is 0 Å². The van der Waals surface area contributed by atoms with Crippen molar-refractivity contribution in [3.8, 4) is 5.69 Å². The average molecular weight is 300 g/mol. The third kappa shape index (κ3) is 2.06. The van der Waals surface area contributed by atoms with E-state index in [1.807, 2.05) is 23.7 Å². The van der Waals surface area contributed by atoms with Crippen molar-refractivity contribution < 1.29 is 4.74 Å². The topological polar surface area (TPSA) is 52.8 Å². The van der Waals surface area contributed by atoms with Gasteiger partial charge in [-0.05, 0) is 44.9 Å². The minimum absolute atomic E-state index is 0.338. The molecule has 0 aliphatic carbocycles. The number of nitrogens with zero attached hydrogens (tertiary/aromatic N) is 4. The second-order valence-electron chi connectivity index (χ2n) is 5.56. The molecule has 6 heteroatoms. The van der Waals surface area contributed by atoms with Crippen LogP contribution in [-0.2, 0) is 10.3 Å². The van der Waals surface area contributed by atoms with E-state index >= 15 is 0 Å². The van der Waals surface area contributed by atoms with Gasteiger partial charge in [-0.25, -0.2) is 14.6 Å². The predicted octanol–water partition coefficient (Wildman–Crippen LogP) is 3.21. The number of ether oxygens (including phenoxy) is 1. The third-order valence-electron chi connectivity index (χ3n) is 3.96. The van der Waals surface area contributed by atoms with Crippen LogP contribution < -0.4 is 0 Å². The summed E-state index contributed by atoms with van der Waals surface area (Å²) in [5, 5.41) is 5.48. The van der Waals surface area contributed by atoms with Crippen LogP contribution in [0.5, 0.6) is 0 Å². The van der Waals surface area contributed by atoms with Crippen LogP contribution in [0.25, 0.3) is 15.9 Å². The number of hydrogen-bond donors (Lipinski definition) is 0. The van der Waals surface area contributed by atoms with Gasteiger partial charge in [0, 0.05) is 6.61 Å². The van der Waals surface area contributed by atoms with Gasteiger partial charge in [0.2, 0.25) is 0 Å². The molecule has 1 fully saturated rings. The molecule has 1 aromatic carbocycles. The summed E-state index contributed by atoms with van der Waals surface area (Å²) in [5.74, 6) is 0.876. The Balaban J connectivity index is 1.83. The summed E-state index contributed by atoms with van der Waals surface area (Å²) in [4.78, 5) is 8.94. The first-order chi connectivity index (χ1) is 10.2. The summed E-state index contributed by atoms with van der Waals surface area (Å²) in [6.45, 7) is 4.91. The second kappa shape index (κ2) is 4.61. The van der Waals surface area contributed by atoms with E-state index in [2.05, 4.69) is 28.1 Å². The van der Waals surface area contributed by atoms with Crippen molar-refractivity contribution in [3.05, 3.63) is 35.4 Å². The Morgan fingerprint density at radius 1 is 1.38 bits per heavy atom. The van der Waals surface area contributed by atoms with Crippen molar-refractivity contribution in [1.82, 2.24) is 19.7 Å².